The van der Waals surface area contributed by atoms with Crippen LogP contribution in [-0.4, -0.2) is 13.0 Å². The quantitative estimate of drug-likeness (QED) is 0.470. The lowest BCUT2D eigenvalue weighted by Gasteiger charge is -2.31. The lowest BCUT2D eigenvalue weighted by molar-refractivity contribution is -0.109. The fraction of sp³-hybridized carbons (Fsp3) is 0.667. The van der Waals surface area contributed by atoms with Crippen molar-refractivity contribution in [2.45, 2.75) is 84.5 Å². The van der Waals surface area contributed by atoms with Crippen LogP contribution < -0.4 is 5.32 Å². The van der Waals surface area contributed by atoms with E-state index in [1.165, 1.54) is 16.7 Å². The molecule has 130 valence electrons. The minimum Gasteiger partial charge on any atom is -0.359 e. The van der Waals surface area contributed by atoms with Gasteiger partial charge in [0.25, 0.3) is 0 Å². The highest BCUT2D eigenvalue weighted by Crippen LogP contribution is 2.35. The number of rotatable bonds is 10. The fourth-order valence-electron chi connectivity index (χ4n) is 2.84. The molecule has 23 heavy (non-hydrogen) atoms. The van der Waals surface area contributed by atoms with Crippen molar-refractivity contribution in [3.05, 3.63) is 34.9 Å². The summed E-state index contributed by atoms with van der Waals surface area (Å²) >= 11 is 0. The number of aryl methyl sites for hydroxylation is 1. The SMILES string of the molecule is CCC(C)(C)c1ccc(CCCCNC=O)c(C(C)(C)CC)c1. The third kappa shape index (κ3) is 5.37. The van der Waals surface area contributed by atoms with Gasteiger partial charge in [-0.3, -0.25) is 4.79 Å². The molecule has 2 heteroatoms. The van der Waals surface area contributed by atoms with Gasteiger partial charge in [-0.1, -0.05) is 59.7 Å². The fourth-order valence-corrected chi connectivity index (χ4v) is 2.84. The summed E-state index contributed by atoms with van der Waals surface area (Å²) in [4.78, 5) is 10.3. The Labute approximate surface area is 143 Å². The molecule has 1 N–H and O–H groups in total. The first-order valence-electron chi connectivity index (χ1n) is 9.09. The molecule has 0 aliphatic rings. The van der Waals surface area contributed by atoms with Crippen LogP contribution in [0.4, 0.5) is 0 Å². The van der Waals surface area contributed by atoms with Gasteiger partial charge in [0.05, 0.1) is 0 Å². The molecule has 0 bridgehead atoms. The maximum Gasteiger partial charge on any atom is 0.207 e. The minimum absolute atomic E-state index is 0.205. The lowest BCUT2D eigenvalue weighted by atomic mass is 9.74. The molecule has 0 spiro atoms. The van der Waals surface area contributed by atoms with E-state index >= 15 is 0 Å². The van der Waals surface area contributed by atoms with E-state index in [9.17, 15) is 4.79 Å². The summed E-state index contributed by atoms with van der Waals surface area (Å²) in [7, 11) is 0. The maximum absolute atomic E-state index is 10.3. The molecule has 0 saturated heterocycles. The second-order valence-electron chi connectivity index (χ2n) is 7.88. The monoisotopic (exact) mass is 317 g/mol. The molecule has 1 aromatic carbocycles. The van der Waals surface area contributed by atoms with Gasteiger partial charge in [0, 0.05) is 6.54 Å². The normalized spacial score (nSPS) is 12.3. The third-order valence-electron chi connectivity index (χ3n) is 5.49. The summed E-state index contributed by atoms with van der Waals surface area (Å²) in [5.41, 5.74) is 4.85. The van der Waals surface area contributed by atoms with Crippen LogP contribution in [-0.2, 0) is 22.0 Å². The topological polar surface area (TPSA) is 29.1 Å². The second-order valence-corrected chi connectivity index (χ2v) is 7.88. The van der Waals surface area contributed by atoms with Gasteiger partial charge in [0.15, 0.2) is 0 Å². The summed E-state index contributed by atoms with van der Waals surface area (Å²) in [5.74, 6) is 0. The van der Waals surface area contributed by atoms with E-state index in [1.54, 1.807) is 0 Å². The molecular weight excluding hydrogens is 282 g/mol. The largest absolute Gasteiger partial charge is 0.359 e. The summed E-state index contributed by atoms with van der Waals surface area (Å²) in [6.07, 6.45) is 6.31. The molecule has 0 saturated carbocycles. The van der Waals surface area contributed by atoms with Crippen molar-refractivity contribution < 1.29 is 4.79 Å². The van der Waals surface area contributed by atoms with Crippen molar-refractivity contribution >= 4 is 6.41 Å². The Morgan fingerprint density at radius 1 is 1.00 bits per heavy atom. The molecular formula is C21H35NO. The highest BCUT2D eigenvalue weighted by Gasteiger charge is 2.25. The van der Waals surface area contributed by atoms with Crippen LogP contribution >= 0.6 is 0 Å². The van der Waals surface area contributed by atoms with Gasteiger partial charge < -0.3 is 5.32 Å². The van der Waals surface area contributed by atoms with Crippen molar-refractivity contribution in [2.24, 2.45) is 0 Å². The first kappa shape index (κ1) is 19.7. The minimum atomic E-state index is 0.205. The molecule has 1 aromatic rings. The van der Waals surface area contributed by atoms with E-state index in [-0.39, 0.29) is 10.8 Å². The average Bonchev–Trinajstić information content (AvgIpc) is 2.54. The lowest BCUT2D eigenvalue weighted by Crippen LogP contribution is -2.22. The van der Waals surface area contributed by atoms with E-state index in [4.69, 9.17) is 0 Å². The first-order chi connectivity index (χ1) is 10.8. The highest BCUT2D eigenvalue weighted by molar-refractivity contribution is 5.45. The van der Waals surface area contributed by atoms with Gasteiger partial charge in [-0.25, -0.2) is 0 Å². The number of hydrogen-bond acceptors (Lipinski definition) is 1. The van der Waals surface area contributed by atoms with Crippen LogP contribution in [0.5, 0.6) is 0 Å². The number of carbonyl (C=O) groups excluding carboxylic acids is 1. The zero-order valence-electron chi connectivity index (χ0n) is 16.0. The van der Waals surface area contributed by atoms with Gasteiger partial charge in [-0.05, 0) is 59.6 Å². The van der Waals surface area contributed by atoms with Crippen LogP contribution in [0.1, 0.15) is 83.9 Å². The van der Waals surface area contributed by atoms with E-state index in [1.807, 2.05) is 0 Å². The Hall–Kier alpha value is -1.31. The third-order valence-corrected chi connectivity index (χ3v) is 5.49. The second kappa shape index (κ2) is 8.52. The maximum atomic E-state index is 10.3. The van der Waals surface area contributed by atoms with Crippen LogP contribution in [0.3, 0.4) is 0 Å². The van der Waals surface area contributed by atoms with Crippen molar-refractivity contribution in [1.29, 1.82) is 0 Å². The number of nitrogens with one attached hydrogen (secondary N) is 1. The Morgan fingerprint density at radius 3 is 2.22 bits per heavy atom. The van der Waals surface area contributed by atoms with Crippen molar-refractivity contribution in [3.63, 3.8) is 0 Å². The number of unbranched alkanes of at least 4 members (excludes halogenated alkanes) is 1. The molecule has 1 amide bonds. The molecule has 0 unspecified atom stereocenters. The zero-order valence-corrected chi connectivity index (χ0v) is 16.0. The summed E-state index contributed by atoms with van der Waals surface area (Å²) in [5, 5.41) is 2.75. The zero-order chi connectivity index (χ0) is 17.5. The molecule has 0 aliphatic carbocycles. The standard InChI is InChI=1S/C21H35NO/c1-7-20(3,4)18-13-12-17(11-9-10-14-22-16-23)19(15-18)21(5,6)8-2/h12-13,15-16H,7-11,14H2,1-6H3,(H,22,23). The van der Waals surface area contributed by atoms with E-state index in [2.05, 4.69) is 65.1 Å². The number of benzene rings is 1. The summed E-state index contributed by atoms with van der Waals surface area (Å²) in [6.45, 7) is 14.7. The van der Waals surface area contributed by atoms with Crippen LogP contribution in [0, 0.1) is 0 Å². The molecule has 0 heterocycles. The Balaban J connectivity index is 3.03. The molecule has 0 atom stereocenters. The van der Waals surface area contributed by atoms with Gasteiger partial charge in [0.1, 0.15) is 0 Å². The summed E-state index contributed by atoms with van der Waals surface area (Å²) < 4.78 is 0. The van der Waals surface area contributed by atoms with Crippen molar-refractivity contribution in [1.82, 2.24) is 5.32 Å². The molecule has 0 aromatic heterocycles. The Kier molecular flexibility index (Phi) is 7.31. The summed E-state index contributed by atoms with van der Waals surface area (Å²) in [6, 6.07) is 7.11. The van der Waals surface area contributed by atoms with Crippen molar-refractivity contribution in [2.75, 3.05) is 6.54 Å². The molecule has 0 fully saturated rings. The first-order valence-corrected chi connectivity index (χ1v) is 9.09. The van der Waals surface area contributed by atoms with Gasteiger partial charge in [-0.2, -0.15) is 0 Å². The van der Waals surface area contributed by atoms with Gasteiger partial charge >= 0.3 is 0 Å². The Bertz CT molecular complexity index is 503. The molecule has 2 nitrogen and oxygen atoms in total. The van der Waals surface area contributed by atoms with E-state index in [0.717, 1.165) is 45.1 Å². The Morgan fingerprint density at radius 2 is 1.65 bits per heavy atom. The highest BCUT2D eigenvalue weighted by atomic mass is 16.1. The smallest absolute Gasteiger partial charge is 0.207 e. The molecule has 0 radical (unpaired) electrons. The average molecular weight is 318 g/mol. The van der Waals surface area contributed by atoms with Crippen molar-refractivity contribution in [3.8, 4) is 0 Å². The number of hydrogen-bond donors (Lipinski definition) is 1. The van der Waals surface area contributed by atoms with E-state index in [0.29, 0.717) is 0 Å². The van der Waals surface area contributed by atoms with Crippen LogP contribution in [0.2, 0.25) is 0 Å². The van der Waals surface area contributed by atoms with Crippen LogP contribution in [0.15, 0.2) is 18.2 Å². The predicted molar refractivity (Wildman–Crippen MR) is 100 cm³/mol. The number of amides is 1. The molecule has 0 aliphatic heterocycles. The predicted octanol–water partition coefficient (Wildman–Crippen LogP) is 5.13. The molecule has 1 rings (SSSR count). The van der Waals surface area contributed by atoms with Crippen LogP contribution in [0.25, 0.3) is 0 Å². The van der Waals surface area contributed by atoms with E-state index < -0.39 is 0 Å². The van der Waals surface area contributed by atoms with Gasteiger partial charge in [-0.15, -0.1) is 0 Å². The van der Waals surface area contributed by atoms with Gasteiger partial charge in [0.2, 0.25) is 6.41 Å². The number of carbonyl (C=O) groups is 1.